The van der Waals surface area contributed by atoms with Crippen LogP contribution in [-0.2, 0) is 45.7 Å². The minimum atomic E-state index is -3.78. The first-order valence-corrected chi connectivity index (χ1v) is 23.2. The van der Waals surface area contributed by atoms with Crippen molar-refractivity contribution in [3.05, 3.63) is 95.1 Å². The van der Waals surface area contributed by atoms with Crippen molar-refractivity contribution in [2.24, 2.45) is 17.0 Å². The summed E-state index contributed by atoms with van der Waals surface area (Å²) in [5, 5.41) is 16.4. The molecule has 2 unspecified atom stereocenters. The number of hydrogen-bond acceptors (Lipinski definition) is 11. The maximum atomic E-state index is 14.6. The van der Waals surface area contributed by atoms with Crippen LogP contribution in [0.1, 0.15) is 47.9 Å². The summed E-state index contributed by atoms with van der Waals surface area (Å²) >= 11 is 0. The van der Waals surface area contributed by atoms with Crippen LogP contribution in [-0.4, -0.2) is 94.4 Å². The molecule has 2 aliphatic carbocycles. The van der Waals surface area contributed by atoms with Gasteiger partial charge in [-0.15, -0.1) is 5.26 Å². The number of carbonyl (C=O) groups is 1. The number of nitrogens with one attached hydrogen (secondary N) is 2. The number of benzene rings is 2. The summed E-state index contributed by atoms with van der Waals surface area (Å²) in [4.78, 5) is 24.7. The molecule has 8 rings (SSSR count). The molecule has 2 fully saturated rings. The number of halogens is 2. The second-order valence-electron chi connectivity index (χ2n) is 15.8. The van der Waals surface area contributed by atoms with Gasteiger partial charge in [0.05, 0.1) is 17.2 Å². The van der Waals surface area contributed by atoms with E-state index in [1.807, 2.05) is 14.1 Å². The highest BCUT2D eigenvalue weighted by atomic mass is 32.2. The molecular formula is C42H50F2N8O6S2. The number of carbonyl (C=O) groups excluding carboxylic acids is 1. The Balaban J connectivity index is 0.000000171. The molecule has 4 heterocycles. The maximum absolute atomic E-state index is 14.6. The van der Waals surface area contributed by atoms with Gasteiger partial charge in [-0.25, -0.2) is 40.3 Å². The van der Waals surface area contributed by atoms with E-state index in [0.717, 1.165) is 68.4 Å². The number of urea groups is 1. The van der Waals surface area contributed by atoms with Gasteiger partial charge in [0, 0.05) is 54.6 Å². The van der Waals surface area contributed by atoms with E-state index in [1.54, 1.807) is 55.3 Å². The SMILES string of the molecule is CN1CCC(CS(=O)(=O)NC(=O)Nc2c(-c3ccncc3)cc(F)c3c2CCC3)C1.CN1CCC(CS(N)(=O)=O)C1.N#COc1c(-c2ccncc2)cc(F)c2c1CCC2. The van der Waals surface area contributed by atoms with Crippen LogP contribution < -0.4 is 19.9 Å². The van der Waals surface area contributed by atoms with Gasteiger partial charge in [-0.05, 0) is 155 Å². The molecule has 4 N–H and O–H groups in total. The molecule has 2 saturated heterocycles. The Morgan fingerprint density at radius 1 is 0.800 bits per heavy atom. The number of nitrogens with zero attached hydrogens (tertiary/aromatic N) is 5. The molecule has 4 aromatic rings. The predicted octanol–water partition coefficient (Wildman–Crippen LogP) is 5.24. The smallest absolute Gasteiger partial charge is 0.332 e. The fraction of sp³-hybridized carbons (Fsp3) is 0.429. The van der Waals surface area contributed by atoms with E-state index in [1.165, 1.54) is 12.1 Å². The van der Waals surface area contributed by atoms with Crippen molar-refractivity contribution in [3.8, 4) is 34.3 Å². The molecule has 0 saturated carbocycles. The van der Waals surface area contributed by atoms with Crippen molar-refractivity contribution >= 4 is 31.8 Å². The van der Waals surface area contributed by atoms with Crippen molar-refractivity contribution in [2.45, 2.75) is 51.4 Å². The van der Waals surface area contributed by atoms with E-state index in [2.05, 4.69) is 29.8 Å². The van der Waals surface area contributed by atoms with Crippen LogP contribution >= 0.6 is 0 Å². The third-order valence-corrected chi connectivity index (χ3v) is 13.5. The zero-order chi connectivity index (χ0) is 43.0. The molecule has 14 nitrogen and oxygen atoms in total. The minimum absolute atomic E-state index is 0.00254. The minimum Gasteiger partial charge on any atom is -0.387 e. The average molecular weight is 865 g/mol. The first kappa shape index (κ1) is 44.5. The van der Waals surface area contributed by atoms with Gasteiger partial charge in [0.1, 0.15) is 11.6 Å². The number of amides is 2. The Morgan fingerprint density at radius 3 is 1.80 bits per heavy atom. The lowest BCUT2D eigenvalue weighted by Crippen LogP contribution is -2.38. The highest BCUT2D eigenvalue weighted by molar-refractivity contribution is 7.90. The van der Waals surface area contributed by atoms with Crippen LogP contribution in [0.4, 0.5) is 19.3 Å². The molecular weight excluding hydrogens is 815 g/mol. The summed E-state index contributed by atoms with van der Waals surface area (Å²) < 4.78 is 82.2. The zero-order valence-corrected chi connectivity index (χ0v) is 35.3. The van der Waals surface area contributed by atoms with Crippen molar-refractivity contribution < 1.29 is 35.1 Å². The summed E-state index contributed by atoms with van der Waals surface area (Å²) in [6.07, 6.45) is 14.3. The largest absolute Gasteiger partial charge is 0.387 e. The number of rotatable bonds is 9. The van der Waals surface area contributed by atoms with Crippen LogP contribution in [0.2, 0.25) is 0 Å². The second-order valence-corrected chi connectivity index (χ2v) is 19.2. The molecule has 320 valence electrons. The van der Waals surface area contributed by atoms with E-state index >= 15 is 0 Å². The molecule has 2 aliphatic heterocycles. The molecule has 60 heavy (non-hydrogen) atoms. The first-order chi connectivity index (χ1) is 28.6. The third kappa shape index (κ3) is 11.6. The van der Waals surface area contributed by atoms with Gasteiger partial charge in [0.25, 0.3) is 6.26 Å². The van der Waals surface area contributed by atoms with Gasteiger partial charge < -0.3 is 19.9 Å². The number of fused-ring (bicyclic) bond motifs is 2. The van der Waals surface area contributed by atoms with Gasteiger partial charge >= 0.3 is 6.03 Å². The summed E-state index contributed by atoms with van der Waals surface area (Å²) in [5.41, 5.74) is 5.91. The number of sulfonamides is 2. The molecule has 0 bridgehead atoms. The highest BCUT2D eigenvalue weighted by Gasteiger charge is 2.29. The molecule has 2 aromatic heterocycles. The molecule has 0 radical (unpaired) electrons. The topological polar surface area (TPSA) is 201 Å². The van der Waals surface area contributed by atoms with Gasteiger partial charge in [-0.1, -0.05) is 0 Å². The van der Waals surface area contributed by atoms with Gasteiger partial charge in [0.2, 0.25) is 20.0 Å². The fourth-order valence-electron chi connectivity index (χ4n) is 8.53. The third-order valence-electron chi connectivity index (χ3n) is 11.2. The highest BCUT2D eigenvalue weighted by Crippen LogP contribution is 2.41. The lowest BCUT2D eigenvalue weighted by molar-refractivity contribution is 0.256. The quantitative estimate of drug-likeness (QED) is 0.186. The number of nitrogens with two attached hydrogens (primary N) is 1. The lowest BCUT2D eigenvalue weighted by Gasteiger charge is -2.18. The Labute approximate surface area is 350 Å². The van der Waals surface area contributed by atoms with E-state index in [9.17, 15) is 30.4 Å². The van der Waals surface area contributed by atoms with Gasteiger partial charge in [-0.3, -0.25) is 9.97 Å². The molecule has 18 heteroatoms. The second kappa shape index (κ2) is 19.5. The fourth-order valence-corrected chi connectivity index (χ4v) is 10.8. The van der Waals surface area contributed by atoms with Gasteiger partial charge in [-0.2, -0.15) is 0 Å². The number of hydrogen-bond donors (Lipinski definition) is 3. The van der Waals surface area contributed by atoms with Crippen LogP contribution in [0, 0.1) is 35.0 Å². The lowest BCUT2D eigenvalue weighted by atomic mass is 9.97. The summed E-state index contributed by atoms with van der Waals surface area (Å²) in [6, 6.07) is 9.04. The molecule has 0 spiro atoms. The Bertz CT molecular complexity index is 2440. The Kier molecular flexibility index (Phi) is 14.5. The van der Waals surface area contributed by atoms with E-state index in [4.69, 9.17) is 15.1 Å². The van der Waals surface area contributed by atoms with Crippen LogP contribution in [0.5, 0.6) is 5.75 Å². The summed E-state index contributed by atoms with van der Waals surface area (Å²) in [7, 11) is -3.10. The zero-order valence-electron chi connectivity index (χ0n) is 33.7. The Hall–Kier alpha value is -5.06. The summed E-state index contributed by atoms with van der Waals surface area (Å²) in [6.45, 7) is 3.39. The standard InChI is InChI=1S/C21H25FN4O3S.C15H11FN2O.C6H14N2O2S/c1-26-10-7-14(12-26)13-30(28,29)25-21(27)24-20-17-4-2-3-16(17)19(22)11-18(20)15-5-8-23-9-6-15;16-14-8-13(10-4-6-18-7-5-10)15(19-9-17)12-3-1-2-11(12)14;1-8-3-2-6(4-8)5-11(7,9)10/h5-6,8-9,11,14H,2-4,7,10,12-13H2,1H3,(H2,24,25,27);4-8H,1-3H2;6H,2-5H2,1H3,(H2,7,9,10). The van der Waals surface area contributed by atoms with E-state index in [0.29, 0.717) is 65.1 Å². The number of likely N-dealkylation sites (tertiary alicyclic amines) is 2. The molecule has 2 atom stereocenters. The van der Waals surface area contributed by atoms with Crippen molar-refractivity contribution in [1.82, 2.24) is 24.5 Å². The maximum Gasteiger partial charge on any atom is 0.332 e. The Morgan fingerprint density at radius 2 is 1.28 bits per heavy atom. The number of pyridine rings is 2. The molecule has 4 aliphatic rings. The summed E-state index contributed by atoms with van der Waals surface area (Å²) in [5.74, 6) is 0.254. The number of ether oxygens (including phenoxy) is 1. The van der Waals surface area contributed by atoms with Crippen LogP contribution in [0.3, 0.4) is 0 Å². The number of primary sulfonamides is 1. The van der Waals surface area contributed by atoms with Gasteiger partial charge in [0.15, 0.2) is 5.75 Å². The van der Waals surface area contributed by atoms with Crippen molar-refractivity contribution in [2.75, 3.05) is 57.1 Å². The van der Waals surface area contributed by atoms with Crippen LogP contribution in [0.15, 0.2) is 61.2 Å². The molecule has 2 amide bonds. The van der Waals surface area contributed by atoms with Crippen LogP contribution in [0.25, 0.3) is 22.3 Å². The monoisotopic (exact) mass is 864 g/mol. The van der Waals surface area contributed by atoms with Crippen molar-refractivity contribution in [3.63, 3.8) is 0 Å². The number of aromatic nitrogens is 2. The number of nitriles is 1. The first-order valence-electron chi connectivity index (χ1n) is 19.8. The number of anilines is 1. The average Bonchev–Trinajstić information content (AvgIpc) is 4.03. The van der Waals surface area contributed by atoms with E-state index < -0.39 is 26.1 Å². The van der Waals surface area contributed by atoms with E-state index in [-0.39, 0.29) is 35.0 Å². The predicted molar refractivity (Wildman–Crippen MR) is 225 cm³/mol. The molecule has 2 aromatic carbocycles. The normalized spacial score (nSPS) is 18.6. The van der Waals surface area contributed by atoms with Crippen molar-refractivity contribution in [1.29, 1.82) is 5.26 Å².